The van der Waals surface area contributed by atoms with E-state index in [0.717, 1.165) is 35.6 Å². The molecule has 1 aliphatic heterocycles. The molecule has 0 saturated carbocycles. The van der Waals surface area contributed by atoms with E-state index in [9.17, 15) is 0 Å². The molecule has 0 radical (unpaired) electrons. The summed E-state index contributed by atoms with van der Waals surface area (Å²) in [5.41, 5.74) is 0.779. The number of halogens is 1. The molecule has 2 aromatic rings. The van der Waals surface area contributed by atoms with Crippen LogP contribution < -0.4 is 5.32 Å². The van der Waals surface area contributed by atoms with Crippen molar-refractivity contribution in [2.75, 3.05) is 13.1 Å². The summed E-state index contributed by atoms with van der Waals surface area (Å²) >= 11 is 3.43. The minimum Gasteiger partial charge on any atom is -0.461 e. The summed E-state index contributed by atoms with van der Waals surface area (Å²) in [5.74, 6) is 1.44. The molecule has 0 bridgehead atoms. The van der Waals surface area contributed by atoms with Crippen LogP contribution in [0.4, 0.5) is 0 Å². The van der Waals surface area contributed by atoms with Gasteiger partial charge in [-0.3, -0.25) is 4.68 Å². The van der Waals surface area contributed by atoms with Gasteiger partial charge in [0.15, 0.2) is 5.76 Å². The fourth-order valence-corrected chi connectivity index (χ4v) is 2.70. The van der Waals surface area contributed by atoms with Crippen molar-refractivity contribution in [2.24, 2.45) is 5.92 Å². The highest BCUT2D eigenvalue weighted by Crippen LogP contribution is 2.27. The summed E-state index contributed by atoms with van der Waals surface area (Å²) in [6, 6.07) is 1.86. The maximum Gasteiger partial charge on any atom is 0.169 e. The van der Waals surface area contributed by atoms with Gasteiger partial charge >= 0.3 is 0 Å². The maximum absolute atomic E-state index is 5.38. The van der Waals surface area contributed by atoms with Gasteiger partial charge in [0.25, 0.3) is 0 Å². The van der Waals surface area contributed by atoms with Crippen LogP contribution in [0.5, 0.6) is 0 Å². The molecule has 0 unspecified atom stereocenters. The van der Waals surface area contributed by atoms with Gasteiger partial charge in [-0.2, -0.15) is 0 Å². The second kappa shape index (κ2) is 5.24. The molecule has 2 aromatic heterocycles. The van der Waals surface area contributed by atoms with Crippen molar-refractivity contribution in [1.82, 2.24) is 20.3 Å². The number of piperidine rings is 1. The number of hydrogen-bond acceptors (Lipinski definition) is 4. The van der Waals surface area contributed by atoms with Gasteiger partial charge in [-0.1, -0.05) is 5.21 Å². The summed E-state index contributed by atoms with van der Waals surface area (Å²) in [5, 5.41) is 11.7. The van der Waals surface area contributed by atoms with E-state index in [2.05, 4.69) is 31.6 Å². The number of furan rings is 1. The Morgan fingerprint density at radius 2 is 2.28 bits per heavy atom. The predicted molar refractivity (Wildman–Crippen MR) is 71.0 cm³/mol. The van der Waals surface area contributed by atoms with Crippen molar-refractivity contribution in [2.45, 2.75) is 19.4 Å². The molecule has 1 N–H and O–H groups in total. The molecule has 1 saturated heterocycles. The summed E-state index contributed by atoms with van der Waals surface area (Å²) < 4.78 is 8.21. The molecule has 96 valence electrons. The zero-order valence-corrected chi connectivity index (χ0v) is 11.6. The highest BCUT2D eigenvalue weighted by atomic mass is 79.9. The fourth-order valence-electron chi connectivity index (χ4n) is 2.30. The molecule has 0 amide bonds. The van der Waals surface area contributed by atoms with E-state index in [1.165, 1.54) is 12.8 Å². The van der Waals surface area contributed by atoms with Crippen molar-refractivity contribution in [3.05, 3.63) is 23.0 Å². The Kier molecular flexibility index (Phi) is 3.47. The van der Waals surface area contributed by atoms with Crippen LogP contribution in [0.15, 0.2) is 27.4 Å². The second-order valence-electron chi connectivity index (χ2n) is 4.62. The van der Waals surface area contributed by atoms with Crippen LogP contribution in [-0.2, 0) is 6.54 Å². The molecular weight excluding hydrogens is 296 g/mol. The number of hydrogen-bond donors (Lipinski definition) is 1. The van der Waals surface area contributed by atoms with E-state index in [0.29, 0.717) is 5.92 Å². The molecule has 0 atom stereocenters. The third-order valence-corrected chi connectivity index (χ3v) is 3.92. The zero-order valence-electron chi connectivity index (χ0n) is 9.97. The Labute approximate surface area is 114 Å². The Morgan fingerprint density at radius 1 is 1.44 bits per heavy atom. The molecule has 3 heterocycles. The van der Waals surface area contributed by atoms with E-state index < -0.39 is 0 Å². The summed E-state index contributed by atoms with van der Waals surface area (Å²) in [6.45, 7) is 3.15. The topological polar surface area (TPSA) is 55.9 Å². The van der Waals surface area contributed by atoms with E-state index in [1.54, 1.807) is 6.26 Å². The van der Waals surface area contributed by atoms with Gasteiger partial charge in [0.2, 0.25) is 0 Å². The van der Waals surface area contributed by atoms with Crippen LogP contribution in [0.2, 0.25) is 0 Å². The molecule has 0 spiro atoms. The van der Waals surface area contributed by atoms with E-state index >= 15 is 0 Å². The van der Waals surface area contributed by atoms with Gasteiger partial charge in [-0.25, -0.2) is 0 Å². The summed E-state index contributed by atoms with van der Waals surface area (Å²) in [4.78, 5) is 0. The average Bonchev–Trinajstić information content (AvgIpc) is 2.99. The van der Waals surface area contributed by atoms with E-state index in [4.69, 9.17) is 4.42 Å². The zero-order chi connectivity index (χ0) is 12.4. The van der Waals surface area contributed by atoms with Crippen LogP contribution in [0.1, 0.15) is 12.8 Å². The highest BCUT2D eigenvalue weighted by Gasteiger charge is 2.16. The second-order valence-corrected chi connectivity index (χ2v) is 5.47. The van der Waals surface area contributed by atoms with Crippen LogP contribution in [0, 0.1) is 5.92 Å². The number of nitrogens with one attached hydrogen (secondary N) is 1. The smallest absolute Gasteiger partial charge is 0.169 e. The number of aromatic nitrogens is 3. The average molecular weight is 311 g/mol. The van der Waals surface area contributed by atoms with Crippen LogP contribution in [0.25, 0.3) is 11.5 Å². The van der Waals surface area contributed by atoms with Crippen LogP contribution in [0.3, 0.4) is 0 Å². The third kappa shape index (κ3) is 2.49. The third-order valence-electron chi connectivity index (χ3n) is 3.29. The Morgan fingerprint density at radius 3 is 3.00 bits per heavy atom. The predicted octanol–water partition coefficient (Wildman–Crippen LogP) is 2.30. The van der Waals surface area contributed by atoms with Gasteiger partial charge in [0, 0.05) is 6.54 Å². The van der Waals surface area contributed by atoms with Gasteiger partial charge in [0.1, 0.15) is 5.69 Å². The molecule has 1 fully saturated rings. The van der Waals surface area contributed by atoms with Crippen LogP contribution >= 0.6 is 15.9 Å². The minimum absolute atomic E-state index is 0.695. The largest absolute Gasteiger partial charge is 0.461 e. The molecule has 0 aliphatic carbocycles. The number of nitrogens with zero attached hydrogens (tertiary/aromatic N) is 3. The van der Waals surface area contributed by atoms with Gasteiger partial charge in [-0.15, -0.1) is 5.10 Å². The van der Waals surface area contributed by atoms with Gasteiger partial charge in [0.05, 0.1) is 16.9 Å². The van der Waals surface area contributed by atoms with Crippen molar-refractivity contribution < 1.29 is 4.42 Å². The molecule has 5 nitrogen and oxygen atoms in total. The quantitative estimate of drug-likeness (QED) is 0.945. The first kappa shape index (κ1) is 11.9. The van der Waals surface area contributed by atoms with Crippen molar-refractivity contribution in [1.29, 1.82) is 0 Å². The summed E-state index contributed by atoms with van der Waals surface area (Å²) in [7, 11) is 0. The normalized spacial score (nSPS) is 17.2. The van der Waals surface area contributed by atoms with Crippen molar-refractivity contribution in [3.8, 4) is 11.5 Å². The molecule has 0 aromatic carbocycles. The molecule has 6 heteroatoms. The lowest BCUT2D eigenvalue weighted by atomic mass is 9.98. The Bertz CT molecular complexity index is 516. The van der Waals surface area contributed by atoms with Gasteiger partial charge < -0.3 is 9.73 Å². The van der Waals surface area contributed by atoms with Crippen molar-refractivity contribution >= 4 is 15.9 Å². The van der Waals surface area contributed by atoms with Crippen LogP contribution in [-0.4, -0.2) is 28.1 Å². The lowest BCUT2D eigenvalue weighted by molar-refractivity contribution is 0.318. The maximum atomic E-state index is 5.38. The first-order valence-corrected chi connectivity index (χ1v) is 6.96. The SMILES string of the molecule is Brc1ccoc1-c1cn(CC2CCNCC2)nn1. The monoisotopic (exact) mass is 310 g/mol. The Balaban J connectivity index is 1.71. The first-order chi connectivity index (χ1) is 8.83. The molecule has 3 rings (SSSR count). The fraction of sp³-hybridized carbons (Fsp3) is 0.500. The standard InChI is InChI=1S/C12H15BrN4O/c13-10-3-6-18-12(10)11-8-17(16-15-11)7-9-1-4-14-5-2-9/h3,6,8-9,14H,1-2,4-5,7H2. The number of rotatable bonds is 3. The highest BCUT2D eigenvalue weighted by molar-refractivity contribution is 9.10. The van der Waals surface area contributed by atoms with E-state index in [1.807, 2.05) is 16.9 Å². The van der Waals surface area contributed by atoms with Gasteiger partial charge in [-0.05, 0) is 53.8 Å². The Hall–Kier alpha value is -1.14. The van der Waals surface area contributed by atoms with E-state index in [-0.39, 0.29) is 0 Å². The molecule has 1 aliphatic rings. The lowest BCUT2D eigenvalue weighted by Gasteiger charge is -2.21. The lowest BCUT2D eigenvalue weighted by Crippen LogP contribution is -2.30. The molecule has 18 heavy (non-hydrogen) atoms. The van der Waals surface area contributed by atoms with Crippen molar-refractivity contribution in [3.63, 3.8) is 0 Å². The molecular formula is C12H15BrN4O. The first-order valence-electron chi connectivity index (χ1n) is 6.17. The minimum atomic E-state index is 0.695. The summed E-state index contributed by atoms with van der Waals surface area (Å²) in [6.07, 6.45) is 6.01.